The van der Waals surface area contributed by atoms with Crippen LogP contribution in [-0.4, -0.2) is 12.6 Å². The summed E-state index contributed by atoms with van der Waals surface area (Å²) in [6.07, 6.45) is 7.50. The van der Waals surface area contributed by atoms with Gasteiger partial charge in [0.2, 0.25) is 0 Å². The minimum atomic E-state index is 0.619. The maximum Gasteiger partial charge on any atom is 0.00103 e. The summed E-state index contributed by atoms with van der Waals surface area (Å²) >= 11 is 0. The molecule has 0 radical (unpaired) electrons. The molecular weight excluding hydrogens is 230 g/mol. The van der Waals surface area contributed by atoms with Crippen molar-refractivity contribution >= 4 is 0 Å². The molecule has 0 amide bonds. The molecule has 0 unspecified atom stereocenters. The Morgan fingerprint density at radius 2 is 1.68 bits per heavy atom. The quantitative estimate of drug-likeness (QED) is 0.644. The molecule has 1 aromatic rings. The van der Waals surface area contributed by atoms with Crippen LogP contribution in [0.2, 0.25) is 0 Å². The summed E-state index contributed by atoms with van der Waals surface area (Å²) in [5, 5.41) is 3.48. The molecule has 1 nitrogen and oxygen atoms in total. The molecule has 1 N–H and O–H groups in total. The van der Waals surface area contributed by atoms with Crippen LogP contribution < -0.4 is 5.32 Å². The molecule has 0 bridgehead atoms. The number of rotatable bonds is 9. The number of nitrogens with one attached hydrogen (secondary N) is 1. The van der Waals surface area contributed by atoms with Crippen molar-refractivity contribution in [3.8, 4) is 0 Å². The fourth-order valence-corrected chi connectivity index (χ4v) is 2.53. The van der Waals surface area contributed by atoms with Crippen molar-refractivity contribution in [2.75, 3.05) is 6.54 Å². The zero-order chi connectivity index (χ0) is 14.1. The third kappa shape index (κ3) is 6.24. The van der Waals surface area contributed by atoms with Crippen LogP contribution in [0.5, 0.6) is 0 Å². The van der Waals surface area contributed by atoms with Crippen molar-refractivity contribution in [1.29, 1.82) is 0 Å². The largest absolute Gasteiger partial charge is 0.315 e. The Morgan fingerprint density at radius 1 is 0.947 bits per heavy atom. The molecule has 1 rings (SSSR count). The van der Waals surface area contributed by atoms with Gasteiger partial charge in [0.05, 0.1) is 0 Å². The molecule has 0 saturated heterocycles. The Morgan fingerprint density at radius 3 is 2.32 bits per heavy atom. The molecule has 0 aliphatic carbocycles. The highest BCUT2D eigenvalue weighted by atomic mass is 14.9. The molecule has 1 heteroatoms. The van der Waals surface area contributed by atoms with Crippen LogP contribution in [0.25, 0.3) is 0 Å². The fourth-order valence-electron chi connectivity index (χ4n) is 2.53. The van der Waals surface area contributed by atoms with Gasteiger partial charge < -0.3 is 5.32 Å². The van der Waals surface area contributed by atoms with E-state index in [9.17, 15) is 0 Å². The molecule has 0 aromatic heterocycles. The van der Waals surface area contributed by atoms with Gasteiger partial charge in [-0.3, -0.25) is 0 Å². The molecule has 0 atom stereocenters. The molecule has 0 heterocycles. The predicted octanol–water partition coefficient (Wildman–Crippen LogP) is 4.52. The molecule has 0 aliphatic rings. The molecule has 0 aliphatic heterocycles. The lowest BCUT2D eigenvalue weighted by Crippen LogP contribution is -2.23. The van der Waals surface area contributed by atoms with Crippen LogP contribution in [0.1, 0.15) is 63.6 Å². The molecule has 0 spiro atoms. The van der Waals surface area contributed by atoms with Gasteiger partial charge in [-0.2, -0.15) is 0 Å². The average Bonchev–Trinajstić information content (AvgIpc) is 2.42. The zero-order valence-electron chi connectivity index (χ0n) is 13.3. The lowest BCUT2D eigenvalue weighted by Gasteiger charge is -2.10. The third-order valence-corrected chi connectivity index (χ3v) is 3.73. The van der Waals surface area contributed by atoms with Gasteiger partial charge in [0.1, 0.15) is 0 Å². The SMILES string of the molecule is CCc1ccc(CCCCCNC(C)C)cc1CC. The van der Waals surface area contributed by atoms with Crippen molar-refractivity contribution in [3.05, 3.63) is 34.9 Å². The first kappa shape index (κ1) is 16.2. The van der Waals surface area contributed by atoms with E-state index in [4.69, 9.17) is 0 Å². The van der Waals surface area contributed by atoms with Gasteiger partial charge in [-0.15, -0.1) is 0 Å². The smallest absolute Gasteiger partial charge is 0.00103 e. The molecule has 108 valence electrons. The topological polar surface area (TPSA) is 12.0 Å². The van der Waals surface area contributed by atoms with Crippen molar-refractivity contribution in [3.63, 3.8) is 0 Å². The summed E-state index contributed by atoms with van der Waals surface area (Å²) in [5.41, 5.74) is 4.58. The van der Waals surface area contributed by atoms with E-state index in [0.717, 1.165) is 19.4 Å². The second kappa shape index (κ2) is 9.14. The van der Waals surface area contributed by atoms with Gasteiger partial charge in [0.25, 0.3) is 0 Å². The van der Waals surface area contributed by atoms with Gasteiger partial charge in [-0.25, -0.2) is 0 Å². The first-order valence-electron chi connectivity index (χ1n) is 8.01. The molecule has 19 heavy (non-hydrogen) atoms. The van der Waals surface area contributed by atoms with Crippen molar-refractivity contribution in [1.82, 2.24) is 5.32 Å². The lowest BCUT2D eigenvalue weighted by atomic mass is 9.97. The van der Waals surface area contributed by atoms with Crippen molar-refractivity contribution in [2.45, 2.75) is 72.3 Å². The maximum atomic E-state index is 3.48. The first-order valence-corrected chi connectivity index (χ1v) is 8.01. The highest BCUT2D eigenvalue weighted by Gasteiger charge is 2.01. The van der Waals surface area contributed by atoms with E-state index >= 15 is 0 Å². The Kier molecular flexibility index (Phi) is 7.81. The monoisotopic (exact) mass is 261 g/mol. The normalized spacial score (nSPS) is 11.2. The Labute approximate surface area is 119 Å². The van der Waals surface area contributed by atoms with Gasteiger partial charge in [-0.1, -0.05) is 52.3 Å². The van der Waals surface area contributed by atoms with Crippen molar-refractivity contribution in [2.24, 2.45) is 0 Å². The number of benzene rings is 1. The Balaban J connectivity index is 2.29. The lowest BCUT2D eigenvalue weighted by molar-refractivity contribution is 0.548. The number of aryl methyl sites for hydroxylation is 3. The second-order valence-electron chi connectivity index (χ2n) is 5.73. The predicted molar refractivity (Wildman–Crippen MR) is 85.9 cm³/mol. The van der Waals surface area contributed by atoms with Gasteiger partial charge >= 0.3 is 0 Å². The van der Waals surface area contributed by atoms with Crippen LogP contribution in [0.3, 0.4) is 0 Å². The van der Waals surface area contributed by atoms with Gasteiger partial charge in [0, 0.05) is 6.04 Å². The summed E-state index contributed by atoms with van der Waals surface area (Å²) in [6.45, 7) is 10.1. The zero-order valence-corrected chi connectivity index (χ0v) is 13.3. The van der Waals surface area contributed by atoms with E-state index in [-0.39, 0.29) is 0 Å². The van der Waals surface area contributed by atoms with Crippen LogP contribution >= 0.6 is 0 Å². The van der Waals surface area contributed by atoms with Crippen LogP contribution in [-0.2, 0) is 19.3 Å². The number of hydrogen-bond donors (Lipinski definition) is 1. The average molecular weight is 261 g/mol. The van der Waals surface area contributed by atoms with Gasteiger partial charge in [-0.05, 0) is 55.3 Å². The Bertz CT molecular complexity index is 355. The summed E-state index contributed by atoms with van der Waals surface area (Å²) < 4.78 is 0. The van der Waals surface area contributed by atoms with E-state index in [1.807, 2.05) is 0 Å². The van der Waals surface area contributed by atoms with E-state index < -0.39 is 0 Å². The van der Waals surface area contributed by atoms with Crippen LogP contribution in [0, 0.1) is 0 Å². The highest BCUT2D eigenvalue weighted by Crippen LogP contribution is 2.15. The van der Waals surface area contributed by atoms with Crippen molar-refractivity contribution < 1.29 is 0 Å². The minimum Gasteiger partial charge on any atom is -0.315 e. The first-order chi connectivity index (χ1) is 9.17. The second-order valence-corrected chi connectivity index (χ2v) is 5.73. The van der Waals surface area contributed by atoms with E-state index in [2.05, 4.69) is 51.2 Å². The maximum absolute atomic E-state index is 3.48. The summed E-state index contributed by atoms with van der Waals surface area (Å²) in [6, 6.07) is 7.69. The molecule has 0 fully saturated rings. The summed E-state index contributed by atoms with van der Waals surface area (Å²) in [5.74, 6) is 0. The minimum absolute atomic E-state index is 0.619. The molecular formula is C18H31N. The van der Waals surface area contributed by atoms with Gasteiger partial charge in [0.15, 0.2) is 0 Å². The highest BCUT2D eigenvalue weighted by molar-refractivity contribution is 5.32. The van der Waals surface area contributed by atoms with E-state index in [1.54, 1.807) is 5.56 Å². The third-order valence-electron chi connectivity index (χ3n) is 3.73. The molecule has 1 aromatic carbocycles. The van der Waals surface area contributed by atoms with Crippen LogP contribution in [0.15, 0.2) is 18.2 Å². The number of unbranched alkanes of at least 4 members (excludes halogenated alkanes) is 2. The summed E-state index contributed by atoms with van der Waals surface area (Å²) in [4.78, 5) is 0. The van der Waals surface area contributed by atoms with E-state index in [0.29, 0.717) is 6.04 Å². The Hall–Kier alpha value is -0.820. The van der Waals surface area contributed by atoms with Crippen LogP contribution in [0.4, 0.5) is 0 Å². The standard InChI is InChI=1S/C18H31N/c1-5-17-12-11-16(14-18(17)6-2)10-8-7-9-13-19-15(3)4/h11-12,14-15,19H,5-10,13H2,1-4H3. The number of hydrogen-bond acceptors (Lipinski definition) is 1. The summed E-state index contributed by atoms with van der Waals surface area (Å²) in [7, 11) is 0. The fraction of sp³-hybridized carbons (Fsp3) is 0.667. The molecule has 0 saturated carbocycles. The van der Waals surface area contributed by atoms with E-state index in [1.165, 1.54) is 36.8 Å².